The summed E-state index contributed by atoms with van der Waals surface area (Å²) in [6, 6.07) is 78.7. The van der Waals surface area contributed by atoms with Crippen LogP contribution in [0.25, 0.3) is 44.2 Å². The van der Waals surface area contributed by atoms with E-state index in [1.54, 1.807) is 0 Å². The van der Waals surface area contributed by atoms with Gasteiger partial charge in [0, 0.05) is 22.5 Å². The lowest BCUT2D eigenvalue weighted by Crippen LogP contribution is -2.28. The predicted molar refractivity (Wildman–Crippen MR) is 239 cm³/mol. The molecule has 270 valence electrons. The van der Waals surface area contributed by atoms with E-state index >= 15 is 0 Å². The zero-order valence-corrected chi connectivity index (χ0v) is 32.2. The molecule has 0 unspecified atom stereocenters. The van der Waals surface area contributed by atoms with Crippen LogP contribution in [0.4, 0.5) is 17.1 Å². The van der Waals surface area contributed by atoms with Crippen molar-refractivity contribution in [3.05, 3.63) is 246 Å². The molecule has 0 radical (unpaired) electrons. The van der Waals surface area contributed by atoms with Crippen LogP contribution >= 0.6 is 0 Å². The predicted octanol–water partition coefficient (Wildman–Crippen LogP) is 14.6. The van der Waals surface area contributed by atoms with Crippen molar-refractivity contribution in [3.63, 3.8) is 0 Å². The fraction of sp³-hybridized carbons (Fsp3) is 0.0714. The lowest BCUT2D eigenvalue weighted by atomic mass is 9.67. The minimum atomic E-state index is -0.476. The highest BCUT2D eigenvalue weighted by Crippen LogP contribution is 2.58. The molecule has 11 rings (SSSR count). The average Bonchev–Trinajstić information content (AvgIpc) is 3.69. The molecular formula is C56H41N. The lowest BCUT2D eigenvalue weighted by Gasteiger charge is -2.35. The summed E-state index contributed by atoms with van der Waals surface area (Å²) in [6.07, 6.45) is 0. The molecule has 0 amide bonds. The molecule has 0 N–H and O–H groups in total. The number of anilines is 3. The fourth-order valence-electron chi connectivity index (χ4n) is 10.1. The Balaban J connectivity index is 1.08. The van der Waals surface area contributed by atoms with Gasteiger partial charge >= 0.3 is 0 Å². The number of hydrogen-bond donors (Lipinski definition) is 0. The summed E-state index contributed by atoms with van der Waals surface area (Å²) in [5, 5.41) is 2.55. The number of hydrogen-bond acceptors (Lipinski definition) is 1. The van der Waals surface area contributed by atoms with Crippen LogP contribution in [0.3, 0.4) is 0 Å². The zero-order valence-electron chi connectivity index (χ0n) is 32.2. The second-order valence-corrected chi connectivity index (χ2v) is 16.1. The molecule has 2 aliphatic rings. The van der Waals surface area contributed by atoms with Gasteiger partial charge in [0.25, 0.3) is 0 Å². The van der Waals surface area contributed by atoms with E-state index in [4.69, 9.17) is 0 Å². The van der Waals surface area contributed by atoms with Gasteiger partial charge in [-0.15, -0.1) is 0 Å². The van der Waals surface area contributed by atoms with E-state index in [0.717, 1.165) is 17.1 Å². The molecule has 57 heavy (non-hydrogen) atoms. The average molecular weight is 728 g/mol. The normalized spacial score (nSPS) is 14.1. The van der Waals surface area contributed by atoms with Crippen LogP contribution in [0, 0.1) is 0 Å². The van der Waals surface area contributed by atoms with Gasteiger partial charge in [-0.05, 0) is 120 Å². The van der Waals surface area contributed by atoms with Gasteiger partial charge in [-0.3, -0.25) is 0 Å². The Morgan fingerprint density at radius 2 is 0.825 bits per heavy atom. The Kier molecular flexibility index (Phi) is 7.50. The third kappa shape index (κ3) is 4.95. The van der Waals surface area contributed by atoms with Gasteiger partial charge in [0.2, 0.25) is 0 Å². The number of para-hydroxylation sites is 1. The summed E-state index contributed by atoms with van der Waals surface area (Å²) in [5.41, 5.74) is 18.4. The van der Waals surface area contributed by atoms with Gasteiger partial charge in [-0.2, -0.15) is 0 Å². The number of fused-ring (bicyclic) bond motifs is 7. The van der Waals surface area contributed by atoms with Gasteiger partial charge in [-0.25, -0.2) is 0 Å². The molecule has 0 aliphatic heterocycles. The molecule has 0 saturated carbocycles. The summed E-state index contributed by atoms with van der Waals surface area (Å²) in [4.78, 5) is 2.45. The highest BCUT2D eigenvalue weighted by atomic mass is 15.1. The first-order chi connectivity index (χ1) is 28.0. The highest BCUT2D eigenvalue weighted by molar-refractivity contribution is 5.98. The number of nitrogens with zero attached hydrogens (tertiary/aromatic N) is 1. The van der Waals surface area contributed by atoms with Crippen molar-refractivity contribution >= 4 is 27.8 Å². The Morgan fingerprint density at radius 1 is 0.333 bits per heavy atom. The third-order valence-electron chi connectivity index (χ3n) is 12.7. The minimum Gasteiger partial charge on any atom is -0.310 e. The number of benzene rings is 9. The summed E-state index contributed by atoms with van der Waals surface area (Å²) >= 11 is 0. The van der Waals surface area contributed by atoms with Gasteiger partial charge in [0.1, 0.15) is 0 Å². The molecule has 0 aromatic heterocycles. The second kappa shape index (κ2) is 12.8. The van der Waals surface area contributed by atoms with Crippen LogP contribution in [-0.4, -0.2) is 0 Å². The van der Waals surface area contributed by atoms with Gasteiger partial charge in [0.05, 0.1) is 5.41 Å². The topological polar surface area (TPSA) is 3.24 Å². The summed E-state index contributed by atoms with van der Waals surface area (Å²) in [6.45, 7) is 4.78. The fourth-order valence-corrected chi connectivity index (χ4v) is 10.1. The molecular weight excluding hydrogens is 687 g/mol. The van der Waals surface area contributed by atoms with E-state index in [9.17, 15) is 0 Å². The molecule has 2 aliphatic carbocycles. The van der Waals surface area contributed by atoms with Crippen molar-refractivity contribution in [2.45, 2.75) is 24.7 Å². The van der Waals surface area contributed by atoms with E-state index in [2.05, 4.69) is 231 Å². The molecule has 0 saturated heterocycles. The molecule has 0 bridgehead atoms. The number of rotatable bonds is 6. The van der Waals surface area contributed by atoms with Crippen LogP contribution < -0.4 is 4.90 Å². The van der Waals surface area contributed by atoms with Gasteiger partial charge < -0.3 is 4.90 Å². The minimum absolute atomic E-state index is 0.195. The van der Waals surface area contributed by atoms with Crippen LogP contribution in [0.1, 0.15) is 47.2 Å². The van der Waals surface area contributed by atoms with E-state index in [1.807, 2.05) is 0 Å². The van der Waals surface area contributed by atoms with Crippen molar-refractivity contribution in [2.75, 3.05) is 4.90 Å². The molecule has 0 atom stereocenters. The maximum atomic E-state index is 2.46. The molecule has 1 heteroatoms. The summed E-state index contributed by atoms with van der Waals surface area (Å²) < 4.78 is 0. The molecule has 1 nitrogen and oxygen atoms in total. The molecule has 0 heterocycles. The Labute approximate surface area is 335 Å². The smallest absolute Gasteiger partial charge is 0.0714 e. The van der Waals surface area contributed by atoms with Crippen molar-refractivity contribution < 1.29 is 0 Å². The summed E-state index contributed by atoms with van der Waals surface area (Å²) in [5.74, 6) is 0. The Hall–Kier alpha value is -6.96. The Bertz CT molecular complexity index is 2930. The zero-order chi connectivity index (χ0) is 38.1. The van der Waals surface area contributed by atoms with Crippen molar-refractivity contribution in [2.24, 2.45) is 0 Å². The van der Waals surface area contributed by atoms with Crippen LogP contribution in [0.5, 0.6) is 0 Å². The van der Waals surface area contributed by atoms with Crippen LogP contribution in [-0.2, 0) is 10.8 Å². The second-order valence-electron chi connectivity index (χ2n) is 16.1. The first-order valence-corrected chi connectivity index (χ1v) is 20.0. The van der Waals surface area contributed by atoms with E-state index in [1.165, 1.54) is 77.5 Å². The maximum absolute atomic E-state index is 2.46. The van der Waals surface area contributed by atoms with Gasteiger partial charge in [0.15, 0.2) is 0 Å². The quantitative estimate of drug-likeness (QED) is 0.165. The highest BCUT2D eigenvalue weighted by Gasteiger charge is 2.46. The molecule has 0 spiro atoms. The molecule has 9 aromatic carbocycles. The standard InChI is InChI=1S/C56H41N/c1-55(2)52-35-39(46-27-16-18-38-17-12-13-25-45(38)46)29-32-48(52)49-33-30-43(36-53(49)55)57(42-23-10-5-11-24-42)44-31-34-50-47-26-14-15-28-51(47)56(54(50)37-44,40-19-6-3-7-20-40)41-21-8-4-9-22-41/h3-37H,1-2H3. The Morgan fingerprint density at radius 3 is 1.53 bits per heavy atom. The van der Waals surface area contributed by atoms with E-state index < -0.39 is 5.41 Å². The third-order valence-corrected chi connectivity index (χ3v) is 12.7. The first kappa shape index (κ1) is 33.4. The maximum Gasteiger partial charge on any atom is 0.0714 e. The summed E-state index contributed by atoms with van der Waals surface area (Å²) in [7, 11) is 0. The SMILES string of the molecule is CC1(C)c2cc(-c3cccc4ccccc34)ccc2-c2ccc(N(c3ccccc3)c3ccc4c(c3)C(c3ccccc3)(c3ccccc3)c3ccccc3-4)cc21. The lowest BCUT2D eigenvalue weighted by molar-refractivity contribution is 0.660. The largest absolute Gasteiger partial charge is 0.310 e. The molecule has 0 fully saturated rings. The van der Waals surface area contributed by atoms with Crippen molar-refractivity contribution in [3.8, 4) is 33.4 Å². The first-order valence-electron chi connectivity index (χ1n) is 20.0. The van der Waals surface area contributed by atoms with Crippen LogP contribution in [0.15, 0.2) is 212 Å². The monoisotopic (exact) mass is 727 g/mol. The van der Waals surface area contributed by atoms with E-state index in [-0.39, 0.29) is 5.41 Å². The van der Waals surface area contributed by atoms with E-state index in [0.29, 0.717) is 0 Å². The van der Waals surface area contributed by atoms with Gasteiger partial charge in [-0.1, -0.05) is 184 Å². The van der Waals surface area contributed by atoms with Crippen molar-refractivity contribution in [1.29, 1.82) is 0 Å². The van der Waals surface area contributed by atoms with Crippen LogP contribution in [0.2, 0.25) is 0 Å². The van der Waals surface area contributed by atoms with Crippen molar-refractivity contribution in [1.82, 2.24) is 0 Å². The molecule has 9 aromatic rings.